The van der Waals surface area contributed by atoms with Crippen LogP contribution in [0, 0.1) is 0 Å². The average molecular weight is 716 g/mol. The Hall–Kier alpha value is -5.56. The molecule has 1 fully saturated rings. The van der Waals surface area contributed by atoms with Gasteiger partial charge >= 0.3 is 6.09 Å². The Kier molecular flexibility index (Phi) is 10.8. The molecule has 2 heterocycles. The van der Waals surface area contributed by atoms with E-state index < -0.39 is 12.2 Å². The third kappa shape index (κ3) is 8.10. The third-order valence-corrected chi connectivity index (χ3v) is 10.3. The highest BCUT2D eigenvalue weighted by molar-refractivity contribution is 5.94. The van der Waals surface area contributed by atoms with Crippen molar-refractivity contribution >= 4 is 33.7 Å². The number of fused-ring (bicyclic) bond motifs is 2. The number of unbranched alkanes of at least 4 members (excludes halogenated alkanes) is 1. The van der Waals surface area contributed by atoms with E-state index in [-0.39, 0.29) is 29.9 Å². The number of nitrogens with one attached hydrogen (secondary N) is 2. The first-order valence-corrected chi connectivity index (χ1v) is 18.3. The van der Waals surface area contributed by atoms with Crippen LogP contribution < -0.4 is 21.5 Å². The summed E-state index contributed by atoms with van der Waals surface area (Å²) in [6.07, 6.45) is 3.93. The fourth-order valence-electron chi connectivity index (χ4n) is 7.51. The highest BCUT2D eigenvalue weighted by atomic mass is 16.4. The van der Waals surface area contributed by atoms with E-state index in [0.717, 1.165) is 83.9 Å². The molecular formula is C41H45N7O5. The van der Waals surface area contributed by atoms with Gasteiger partial charge in [0.1, 0.15) is 11.3 Å². The van der Waals surface area contributed by atoms with E-state index in [1.807, 2.05) is 53.2 Å². The van der Waals surface area contributed by atoms with Gasteiger partial charge in [0.2, 0.25) is 5.56 Å². The number of nitrogens with zero attached hydrogens (tertiary/aromatic N) is 4. The van der Waals surface area contributed by atoms with Gasteiger partial charge in [0.15, 0.2) is 0 Å². The number of rotatable bonds is 13. The number of H-pyrrole nitrogens is 1. The predicted molar refractivity (Wildman–Crippen MR) is 206 cm³/mol. The van der Waals surface area contributed by atoms with Crippen molar-refractivity contribution in [2.45, 2.75) is 76.2 Å². The van der Waals surface area contributed by atoms with Gasteiger partial charge in [0.05, 0.1) is 22.8 Å². The number of aliphatic hydroxyl groups excluding tert-OH is 1. The first-order valence-electron chi connectivity index (χ1n) is 18.3. The number of aryl methyl sites for hydroxylation is 2. The maximum Gasteiger partial charge on any atom is 0.412 e. The molecule has 1 saturated carbocycles. The van der Waals surface area contributed by atoms with E-state index in [1.165, 1.54) is 12.1 Å². The van der Waals surface area contributed by atoms with Gasteiger partial charge in [-0.15, -0.1) is 5.10 Å². The van der Waals surface area contributed by atoms with E-state index in [1.54, 1.807) is 17.0 Å². The molecule has 0 saturated heterocycles. The van der Waals surface area contributed by atoms with Crippen LogP contribution >= 0.6 is 0 Å². The molecule has 6 aromatic rings. The summed E-state index contributed by atoms with van der Waals surface area (Å²) in [5.74, 6) is -0.0453. The standard InChI is InChI=1S/C41H45N7O5/c42-29-11-13-30(14-12-29)48(41(52)53)36-23-26(9-15-31(36)28-7-2-1-3-8-28)6-4-5-21-47-35-18-10-27(22-34(35)45-46-47)24-43-25-38(50)32-16-19-37(49)40-33(32)17-20-39(51)44-40/h1-3,7-10,15-20,22-23,29-30,38,43,49-50H,4-6,11-14,21,24-25,42H2,(H,44,51)(H,52,53)/t29-,30-,38-/m0/s1. The van der Waals surface area contributed by atoms with Crippen LogP contribution in [0.3, 0.4) is 0 Å². The molecule has 0 bridgehead atoms. The number of amides is 1. The molecule has 0 spiro atoms. The third-order valence-electron chi connectivity index (χ3n) is 10.3. The van der Waals surface area contributed by atoms with Crippen LogP contribution in [0.2, 0.25) is 0 Å². The van der Waals surface area contributed by atoms with Crippen LogP contribution in [-0.2, 0) is 19.5 Å². The molecule has 1 aliphatic rings. The number of aromatic hydroxyl groups is 1. The second-order valence-corrected chi connectivity index (χ2v) is 14.0. The minimum atomic E-state index is -0.934. The van der Waals surface area contributed by atoms with Gasteiger partial charge in [0.25, 0.3) is 0 Å². The van der Waals surface area contributed by atoms with Crippen molar-refractivity contribution < 1.29 is 20.1 Å². The number of phenolic OH excluding ortho intramolecular Hbond substituents is 1. The lowest BCUT2D eigenvalue weighted by atomic mass is 9.89. The van der Waals surface area contributed by atoms with Crippen LogP contribution in [0.15, 0.2) is 95.8 Å². The van der Waals surface area contributed by atoms with Gasteiger partial charge in [-0.25, -0.2) is 9.48 Å². The summed E-state index contributed by atoms with van der Waals surface area (Å²) in [5, 5.41) is 44.2. The van der Waals surface area contributed by atoms with Crippen molar-refractivity contribution in [1.82, 2.24) is 25.3 Å². The zero-order valence-electron chi connectivity index (χ0n) is 29.5. The van der Waals surface area contributed by atoms with Crippen molar-refractivity contribution in [3.63, 3.8) is 0 Å². The van der Waals surface area contributed by atoms with Gasteiger partial charge in [-0.2, -0.15) is 0 Å². The molecule has 1 aliphatic carbocycles. The minimum absolute atomic E-state index is 0.0453. The minimum Gasteiger partial charge on any atom is -0.506 e. The quantitative estimate of drug-likeness (QED) is 0.0754. The molecule has 0 unspecified atom stereocenters. The number of nitrogens with two attached hydrogens (primary N) is 1. The fraction of sp³-hybridized carbons (Fsp3) is 0.317. The van der Waals surface area contributed by atoms with Crippen molar-refractivity contribution in [3.05, 3.63) is 118 Å². The Balaban J connectivity index is 0.966. The Morgan fingerprint density at radius 3 is 2.55 bits per heavy atom. The number of aromatic amines is 1. The molecule has 4 aromatic carbocycles. The normalized spacial score (nSPS) is 16.6. The molecule has 7 rings (SSSR count). The monoisotopic (exact) mass is 715 g/mol. The molecule has 0 aliphatic heterocycles. The average Bonchev–Trinajstić information content (AvgIpc) is 3.57. The molecule has 1 atom stereocenters. The number of pyridine rings is 1. The lowest BCUT2D eigenvalue weighted by Gasteiger charge is -2.35. The zero-order valence-corrected chi connectivity index (χ0v) is 29.5. The number of anilines is 1. The largest absolute Gasteiger partial charge is 0.506 e. The Morgan fingerprint density at radius 2 is 1.75 bits per heavy atom. The van der Waals surface area contributed by atoms with Crippen LogP contribution in [-0.4, -0.2) is 60.0 Å². The number of carboxylic acid groups (broad SMARTS) is 1. The molecule has 1 amide bonds. The molecule has 7 N–H and O–H groups in total. The summed E-state index contributed by atoms with van der Waals surface area (Å²) in [6, 6.07) is 28.3. The zero-order chi connectivity index (χ0) is 36.9. The van der Waals surface area contributed by atoms with Crippen LogP contribution in [0.1, 0.15) is 61.3 Å². The number of aliphatic hydroxyl groups is 1. The Bertz CT molecular complexity index is 2260. The molecule has 0 radical (unpaired) electrons. The number of carbonyl (C=O) groups is 1. The highest BCUT2D eigenvalue weighted by Crippen LogP contribution is 2.36. The maximum atomic E-state index is 12.7. The van der Waals surface area contributed by atoms with Gasteiger partial charge in [-0.3, -0.25) is 9.69 Å². The van der Waals surface area contributed by atoms with E-state index in [0.29, 0.717) is 29.6 Å². The first kappa shape index (κ1) is 35.8. The van der Waals surface area contributed by atoms with E-state index in [4.69, 9.17) is 5.73 Å². The molecule has 12 heteroatoms. The van der Waals surface area contributed by atoms with Gasteiger partial charge in [0, 0.05) is 48.7 Å². The lowest BCUT2D eigenvalue weighted by molar-refractivity contribution is 0.176. The SMILES string of the molecule is N[C@H]1CC[C@H](N(C(=O)O)c2cc(CCCCn3nnc4cc(CNC[C@H](O)c5ccc(O)c6[nH]c(=O)ccc56)ccc43)ccc2-c2ccccc2)CC1. The number of hydrogen-bond acceptors (Lipinski definition) is 8. The Morgan fingerprint density at radius 1 is 0.962 bits per heavy atom. The van der Waals surface area contributed by atoms with Crippen LogP contribution in [0.4, 0.5) is 10.5 Å². The van der Waals surface area contributed by atoms with Crippen molar-refractivity contribution in [3.8, 4) is 16.9 Å². The second kappa shape index (κ2) is 16.0. The molecule has 12 nitrogen and oxygen atoms in total. The Labute approximate surface area is 306 Å². The van der Waals surface area contributed by atoms with Gasteiger partial charge < -0.3 is 31.4 Å². The van der Waals surface area contributed by atoms with Gasteiger partial charge in [-0.1, -0.05) is 59.8 Å². The summed E-state index contributed by atoms with van der Waals surface area (Å²) >= 11 is 0. The first-order chi connectivity index (χ1) is 25.7. The predicted octanol–water partition coefficient (Wildman–Crippen LogP) is 6.25. The molecule has 2 aromatic heterocycles. The van der Waals surface area contributed by atoms with E-state index >= 15 is 0 Å². The summed E-state index contributed by atoms with van der Waals surface area (Å²) in [7, 11) is 0. The fourth-order valence-corrected chi connectivity index (χ4v) is 7.51. The van der Waals surface area contributed by atoms with E-state index in [2.05, 4.69) is 38.8 Å². The molecule has 274 valence electrons. The van der Waals surface area contributed by atoms with Crippen molar-refractivity contribution in [2.75, 3.05) is 11.4 Å². The van der Waals surface area contributed by atoms with Gasteiger partial charge in [-0.05, 0) is 97.5 Å². The second-order valence-electron chi connectivity index (χ2n) is 14.0. The number of phenols is 1. The number of benzene rings is 4. The van der Waals surface area contributed by atoms with Crippen LogP contribution in [0.25, 0.3) is 33.1 Å². The maximum absolute atomic E-state index is 12.7. The number of aromatic nitrogens is 4. The summed E-state index contributed by atoms with van der Waals surface area (Å²) in [6.45, 7) is 1.47. The lowest BCUT2D eigenvalue weighted by Crippen LogP contribution is -2.44. The van der Waals surface area contributed by atoms with Crippen LogP contribution in [0.5, 0.6) is 5.75 Å². The summed E-state index contributed by atoms with van der Waals surface area (Å²) in [5.41, 5.74) is 13.2. The smallest absolute Gasteiger partial charge is 0.412 e. The number of hydrogen-bond donors (Lipinski definition) is 6. The summed E-state index contributed by atoms with van der Waals surface area (Å²) < 4.78 is 1.92. The molecular weight excluding hydrogens is 670 g/mol. The van der Waals surface area contributed by atoms with Crippen molar-refractivity contribution in [2.24, 2.45) is 5.73 Å². The van der Waals surface area contributed by atoms with Crippen molar-refractivity contribution in [1.29, 1.82) is 0 Å². The van der Waals surface area contributed by atoms with E-state index in [9.17, 15) is 24.9 Å². The highest BCUT2D eigenvalue weighted by Gasteiger charge is 2.30. The topological polar surface area (TPSA) is 183 Å². The summed E-state index contributed by atoms with van der Waals surface area (Å²) in [4.78, 5) is 28.7. The molecule has 53 heavy (non-hydrogen) atoms.